The highest BCUT2D eigenvalue weighted by molar-refractivity contribution is 7.03. The van der Waals surface area contributed by atoms with E-state index in [-0.39, 0.29) is 12.0 Å². The van der Waals surface area contributed by atoms with E-state index in [9.17, 15) is 4.79 Å². The predicted octanol–water partition coefficient (Wildman–Crippen LogP) is 1.63. The Morgan fingerprint density at radius 1 is 1.52 bits per heavy atom. The molecule has 2 heterocycles. The number of carbonyl (C=O) groups is 1. The zero-order valence-electron chi connectivity index (χ0n) is 12.7. The molecular weight excluding hydrogens is 286 g/mol. The summed E-state index contributed by atoms with van der Waals surface area (Å²) < 4.78 is 10.1. The van der Waals surface area contributed by atoms with E-state index in [1.54, 1.807) is 0 Å². The van der Waals surface area contributed by atoms with E-state index < -0.39 is 0 Å². The zero-order chi connectivity index (χ0) is 14.8. The molecule has 0 spiro atoms. The van der Waals surface area contributed by atoms with E-state index in [1.165, 1.54) is 24.4 Å². The normalized spacial score (nSPS) is 23.2. The van der Waals surface area contributed by atoms with Crippen molar-refractivity contribution < 1.29 is 9.53 Å². The summed E-state index contributed by atoms with van der Waals surface area (Å²) in [6.45, 7) is 6.08. The number of hydrogen-bond donors (Lipinski definition) is 0. The number of amides is 1. The molecule has 0 aromatic carbocycles. The van der Waals surface area contributed by atoms with E-state index in [1.807, 2.05) is 17.2 Å². The lowest BCUT2D eigenvalue weighted by Crippen LogP contribution is -2.48. The summed E-state index contributed by atoms with van der Waals surface area (Å²) in [5.41, 5.74) is 1.59. The van der Waals surface area contributed by atoms with E-state index in [2.05, 4.69) is 16.3 Å². The smallest absolute Gasteiger partial charge is 0.256 e. The van der Waals surface area contributed by atoms with Crippen LogP contribution in [-0.4, -0.2) is 66.0 Å². The molecule has 1 aliphatic carbocycles. The molecule has 0 radical (unpaired) electrons. The molecule has 1 aromatic heterocycles. The first-order chi connectivity index (χ1) is 10.1. The molecule has 2 fully saturated rings. The first-order valence-corrected chi connectivity index (χ1v) is 8.47. The molecule has 1 amide bonds. The number of nitrogens with zero attached hydrogens (tertiary/aromatic N) is 3. The summed E-state index contributed by atoms with van der Waals surface area (Å²) in [6, 6.07) is 0. The fourth-order valence-corrected chi connectivity index (χ4v) is 3.43. The average Bonchev–Trinajstić information content (AvgIpc) is 3.17. The van der Waals surface area contributed by atoms with Gasteiger partial charge in [0.15, 0.2) is 0 Å². The molecule has 0 N–H and O–H groups in total. The number of morpholine rings is 1. The zero-order valence-corrected chi connectivity index (χ0v) is 13.6. The van der Waals surface area contributed by atoms with Gasteiger partial charge in [-0.05, 0) is 44.3 Å². The van der Waals surface area contributed by atoms with E-state index >= 15 is 0 Å². The van der Waals surface area contributed by atoms with Crippen molar-refractivity contribution in [3.63, 3.8) is 0 Å². The van der Waals surface area contributed by atoms with Gasteiger partial charge in [-0.1, -0.05) is 0 Å². The topological polar surface area (TPSA) is 45.7 Å². The van der Waals surface area contributed by atoms with Crippen molar-refractivity contribution in [3.8, 4) is 0 Å². The van der Waals surface area contributed by atoms with Gasteiger partial charge in [-0.25, -0.2) is 0 Å². The van der Waals surface area contributed by atoms with Crippen LogP contribution in [-0.2, 0) is 4.74 Å². The highest BCUT2D eigenvalue weighted by atomic mass is 32.1. The second-order valence-corrected chi connectivity index (χ2v) is 6.85. The number of aryl methyl sites for hydroxylation is 1. The highest BCUT2D eigenvalue weighted by Crippen LogP contribution is 2.30. The second kappa shape index (κ2) is 6.42. The van der Waals surface area contributed by atoms with Gasteiger partial charge >= 0.3 is 0 Å². The Morgan fingerprint density at radius 2 is 2.33 bits per heavy atom. The standard InChI is InChI=1S/C15H23N3O2S/c1-11-14(10-21-16-11)15(19)18(7-12-3-4-12)9-13-8-17(2)5-6-20-13/h10,12-13H,3-9H2,1-2H3. The molecule has 116 valence electrons. The molecule has 21 heavy (non-hydrogen) atoms. The van der Waals surface area contributed by atoms with Gasteiger partial charge in [-0.15, -0.1) is 0 Å². The number of likely N-dealkylation sites (N-methyl/N-ethyl adjacent to an activating group) is 1. The van der Waals surface area contributed by atoms with Crippen LogP contribution in [0.2, 0.25) is 0 Å². The van der Waals surface area contributed by atoms with E-state index in [0.29, 0.717) is 12.5 Å². The van der Waals surface area contributed by atoms with Gasteiger partial charge in [0.1, 0.15) is 0 Å². The van der Waals surface area contributed by atoms with Crippen molar-refractivity contribution in [3.05, 3.63) is 16.6 Å². The van der Waals surface area contributed by atoms with Crippen molar-refractivity contribution in [2.75, 3.05) is 39.8 Å². The lowest BCUT2D eigenvalue weighted by Gasteiger charge is -2.34. The first kappa shape index (κ1) is 14.9. The largest absolute Gasteiger partial charge is 0.374 e. The fourth-order valence-electron chi connectivity index (χ4n) is 2.74. The monoisotopic (exact) mass is 309 g/mol. The van der Waals surface area contributed by atoms with Crippen LogP contribution in [0.15, 0.2) is 5.38 Å². The lowest BCUT2D eigenvalue weighted by atomic mass is 10.2. The Labute approximate surface area is 130 Å². The molecule has 2 aliphatic rings. The van der Waals surface area contributed by atoms with Gasteiger partial charge in [0, 0.05) is 31.6 Å². The second-order valence-electron chi connectivity index (χ2n) is 6.22. The molecule has 1 aromatic rings. The third-order valence-electron chi connectivity index (χ3n) is 4.21. The Kier molecular flexibility index (Phi) is 4.57. The van der Waals surface area contributed by atoms with Gasteiger partial charge < -0.3 is 14.5 Å². The third-order valence-corrected chi connectivity index (χ3v) is 4.93. The summed E-state index contributed by atoms with van der Waals surface area (Å²) >= 11 is 1.36. The van der Waals surface area contributed by atoms with Crippen molar-refractivity contribution in [2.45, 2.75) is 25.9 Å². The molecule has 1 unspecified atom stereocenters. The summed E-state index contributed by atoms with van der Waals surface area (Å²) in [6.07, 6.45) is 2.62. The summed E-state index contributed by atoms with van der Waals surface area (Å²) in [5, 5.41) is 1.87. The summed E-state index contributed by atoms with van der Waals surface area (Å²) in [4.78, 5) is 17.0. The highest BCUT2D eigenvalue weighted by Gasteiger charge is 2.31. The molecule has 1 atom stereocenters. The van der Waals surface area contributed by atoms with Crippen LogP contribution in [0.25, 0.3) is 0 Å². The molecule has 6 heteroatoms. The van der Waals surface area contributed by atoms with Gasteiger partial charge in [-0.2, -0.15) is 4.37 Å². The summed E-state index contributed by atoms with van der Waals surface area (Å²) in [7, 11) is 2.11. The van der Waals surface area contributed by atoms with Crippen LogP contribution in [0, 0.1) is 12.8 Å². The molecule has 1 aliphatic heterocycles. The van der Waals surface area contributed by atoms with Crippen molar-refractivity contribution in [1.29, 1.82) is 0 Å². The molecule has 0 bridgehead atoms. The van der Waals surface area contributed by atoms with Gasteiger partial charge in [0.2, 0.25) is 0 Å². The minimum atomic E-state index is 0.116. The molecule has 5 nitrogen and oxygen atoms in total. The first-order valence-electron chi connectivity index (χ1n) is 7.64. The quantitative estimate of drug-likeness (QED) is 0.829. The van der Waals surface area contributed by atoms with Gasteiger partial charge in [-0.3, -0.25) is 4.79 Å². The van der Waals surface area contributed by atoms with Crippen molar-refractivity contribution in [2.24, 2.45) is 5.92 Å². The van der Waals surface area contributed by atoms with Crippen LogP contribution in [0.3, 0.4) is 0 Å². The average molecular weight is 309 g/mol. The van der Waals surface area contributed by atoms with Crippen LogP contribution in [0.1, 0.15) is 28.9 Å². The SMILES string of the molecule is Cc1nscc1C(=O)N(CC1CC1)CC1CN(C)CCO1. The number of carbonyl (C=O) groups excluding carboxylic acids is 1. The molecular formula is C15H23N3O2S. The van der Waals surface area contributed by atoms with E-state index in [0.717, 1.165) is 37.5 Å². The van der Waals surface area contributed by atoms with Crippen molar-refractivity contribution >= 4 is 17.4 Å². The molecule has 1 saturated carbocycles. The Bertz CT molecular complexity index is 501. The van der Waals surface area contributed by atoms with E-state index in [4.69, 9.17) is 4.74 Å². The van der Waals surface area contributed by atoms with Crippen molar-refractivity contribution in [1.82, 2.24) is 14.2 Å². The minimum absolute atomic E-state index is 0.116. The Morgan fingerprint density at radius 3 is 2.95 bits per heavy atom. The third kappa shape index (κ3) is 3.81. The van der Waals surface area contributed by atoms with Gasteiger partial charge in [0.05, 0.1) is 24.0 Å². The maximum atomic E-state index is 12.8. The number of rotatable bonds is 5. The number of aromatic nitrogens is 1. The molecule has 3 rings (SSSR count). The minimum Gasteiger partial charge on any atom is -0.374 e. The Balaban J connectivity index is 1.68. The predicted molar refractivity (Wildman–Crippen MR) is 82.7 cm³/mol. The van der Waals surface area contributed by atoms with Crippen LogP contribution in [0.4, 0.5) is 0 Å². The van der Waals surface area contributed by atoms with Gasteiger partial charge in [0.25, 0.3) is 5.91 Å². The summed E-state index contributed by atoms with van der Waals surface area (Å²) in [5.74, 6) is 0.798. The lowest BCUT2D eigenvalue weighted by molar-refractivity contribution is -0.0331. The maximum absolute atomic E-state index is 12.8. The fraction of sp³-hybridized carbons (Fsp3) is 0.733. The number of ether oxygens (including phenoxy) is 1. The van der Waals surface area contributed by atoms with Crippen LogP contribution >= 0.6 is 11.5 Å². The maximum Gasteiger partial charge on any atom is 0.256 e. The van der Waals surface area contributed by atoms with Crippen LogP contribution < -0.4 is 0 Å². The van der Waals surface area contributed by atoms with Crippen LogP contribution in [0.5, 0.6) is 0 Å². The molecule has 1 saturated heterocycles. The number of hydrogen-bond acceptors (Lipinski definition) is 5. The Hall–Kier alpha value is -0.980.